The number of rotatable bonds is 6. The first-order valence-electron chi connectivity index (χ1n) is 5.43. The fraction of sp³-hybridized carbons (Fsp3) is 0.417. The number of amides is 1. The Morgan fingerprint density at radius 3 is 2.72 bits per heavy atom. The quantitative estimate of drug-likeness (QED) is 0.622. The minimum atomic E-state index is -0.804. The van der Waals surface area contributed by atoms with E-state index < -0.39 is 18.2 Å². The molecule has 2 N–H and O–H groups in total. The number of methoxy groups -OCH3 is 1. The molecule has 0 radical (unpaired) electrons. The number of carbonyl (C=O) groups excluding carboxylic acids is 1. The molecule has 0 aromatic heterocycles. The Balaban J connectivity index is 2.53. The van der Waals surface area contributed by atoms with Crippen LogP contribution in [0.3, 0.4) is 0 Å². The van der Waals surface area contributed by atoms with E-state index in [-0.39, 0.29) is 5.88 Å². The third-order valence-corrected chi connectivity index (χ3v) is 3.73. The van der Waals surface area contributed by atoms with Crippen molar-refractivity contribution in [1.82, 2.24) is 5.32 Å². The summed E-state index contributed by atoms with van der Waals surface area (Å²) in [4.78, 5) is 12.2. The number of carbonyl (C=O) groups is 1. The maximum Gasteiger partial charge on any atom is 0.407 e. The van der Waals surface area contributed by atoms with E-state index in [2.05, 4.69) is 10.1 Å². The first kappa shape index (κ1) is 15.1. The first-order chi connectivity index (χ1) is 8.67. The number of benzene rings is 1. The molecule has 0 aliphatic heterocycles. The number of thioether (sulfide) groups is 1. The Morgan fingerprint density at radius 2 is 2.17 bits per heavy atom. The predicted molar refractivity (Wildman–Crippen MR) is 73.2 cm³/mol. The standard InChI is InChI=1S/C12H16ClNO3S/c1-17-12(16)14-10(11(15)7-13)8-18-9-5-3-2-4-6-9/h2-6,10-11,15H,7-8H2,1H3,(H,14,16)/t10-,11+/m0/s1. The zero-order chi connectivity index (χ0) is 13.4. The second-order valence-corrected chi connectivity index (χ2v) is 4.99. The highest BCUT2D eigenvalue weighted by Gasteiger charge is 2.21. The third kappa shape index (κ3) is 5.16. The number of halogens is 1. The molecule has 6 heteroatoms. The molecule has 2 atom stereocenters. The first-order valence-corrected chi connectivity index (χ1v) is 6.95. The van der Waals surface area contributed by atoms with Gasteiger partial charge in [-0.25, -0.2) is 4.79 Å². The smallest absolute Gasteiger partial charge is 0.407 e. The van der Waals surface area contributed by atoms with Crippen LogP contribution in [-0.4, -0.2) is 42.1 Å². The van der Waals surface area contributed by atoms with E-state index in [9.17, 15) is 9.90 Å². The van der Waals surface area contributed by atoms with E-state index in [4.69, 9.17) is 11.6 Å². The zero-order valence-electron chi connectivity index (χ0n) is 10.0. The van der Waals surface area contributed by atoms with Crippen molar-refractivity contribution in [2.24, 2.45) is 0 Å². The maximum absolute atomic E-state index is 11.2. The molecule has 18 heavy (non-hydrogen) atoms. The molecular formula is C12H16ClNO3S. The number of alkyl halides is 1. The summed E-state index contributed by atoms with van der Waals surface area (Å²) in [7, 11) is 1.28. The summed E-state index contributed by atoms with van der Waals surface area (Å²) < 4.78 is 4.51. The number of aliphatic hydroxyl groups is 1. The van der Waals surface area contributed by atoms with Crippen molar-refractivity contribution in [3.63, 3.8) is 0 Å². The summed E-state index contributed by atoms with van der Waals surface area (Å²) >= 11 is 7.14. The molecule has 1 rings (SSSR count). The van der Waals surface area contributed by atoms with Crippen molar-refractivity contribution >= 4 is 29.5 Å². The highest BCUT2D eigenvalue weighted by Crippen LogP contribution is 2.19. The van der Waals surface area contributed by atoms with Crippen molar-refractivity contribution in [3.8, 4) is 0 Å². The summed E-state index contributed by atoms with van der Waals surface area (Å²) in [5.74, 6) is 0.580. The van der Waals surface area contributed by atoms with Crippen molar-refractivity contribution in [1.29, 1.82) is 0 Å². The van der Waals surface area contributed by atoms with Gasteiger partial charge in [-0.05, 0) is 12.1 Å². The molecule has 0 bridgehead atoms. The molecule has 1 aromatic carbocycles. The van der Waals surface area contributed by atoms with Crippen LogP contribution in [0.25, 0.3) is 0 Å². The molecule has 100 valence electrons. The molecule has 1 amide bonds. The Labute approximate surface area is 116 Å². The van der Waals surface area contributed by atoms with Gasteiger partial charge in [-0.1, -0.05) is 18.2 Å². The number of alkyl carbamates (subject to hydrolysis) is 1. The van der Waals surface area contributed by atoms with Crippen LogP contribution in [0.1, 0.15) is 0 Å². The van der Waals surface area contributed by atoms with Gasteiger partial charge in [-0.2, -0.15) is 0 Å². The van der Waals surface area contributed by atoms with Gasteiger partial charge < -0.3 is 15.2 Å². The highest BCUT2D eigenvalue weighted by atomic mass is 35.5. The molecule has 0 spiro atoms. The normalized spacial score (nSPS) is 13.7. The molecule has 0 fully saturated rings. The van der Waals surface area contributed by atoms with Crippen LogP contribution in [0.4, 0.5) is 4.79 Å². The monoisotopic (exact) mass is 289 g/mol. The van der Waals surface area contributed by atoms with Gasteiger partial charge in [-0.15, -0.1) is 23.4 Å². The number of hydrogen-bond acceptors (Lipinski definition) is 4. The second-order valence-electron chi connectivity index (χ2n) is 3.59. The molecule has 4 nitrogen and oxygen atoms in total. The Kier molecular flexibility index (Phi) is 6.93. The predicted octanol–water partition coefficient (Wildman–Crippen LogP) is 2.10. The van der Waals surface area contributed by atoms with Gasteiger partial charge in [-0.3, -0.25) is 0 Å². The molecule has 0 aliphatic carbocycles. The van der Waals surface area contributed by atoms with Gasteiger partial charge in [0.1, 0.15) is 0 Å². The summed E-state index contributed by atoms with van der Waals surface area (Å²) in [5, 5.41) is 12.3. The highest BCUT2D eigenvalue weighted by molar-refractivity contribution is 7.99. The molecule has 0 saturated heterocycles. The van der Waals surface area contributed by atoms with Crippen molar-refractivity contribution < 1.29 is 14.6 Å². The Hall–Kier alpha value is -0.910. The Morgan fingerprint density at radius 1 is 1.50 bits per heavy atom. The van der Waals surface area contributed by atoms with Crippen LogP contribution in [0.5, 0.6) is 0 Å². The van der Waals surface area contributed by atoms with E-state index in [1.165, 1.54) is 18.9 Å². The van der Waals surface area contributed by atoms with E-state index in [1.54, 1.807) is 0 Å². The lowest BCUT2D eigenvalue weighted by atomic mass is 10.2. The van der Waals surface area contributed by atoms with Crippen LogP contribution >= 0.6 is 23.4 Å². The van der Waals surface area contributed by atoms with E-state index in [0.717, 1.165) is 4.90 Å². The summed E-state index contributed by atoms with van der Waals surface area (Å²) in [6.45, 7) is 0. The van der Waals surface area contributed by atoms with Gasteiger partial charge >= 0.3 is 6.09 Å². The van der Waals surface area contributed by atoms with E-state index in [1.807, 2.05) is 30.3 Å². The van der Waals surface area contributed by atoms with Gasteiger partial charge in [0.2, 0.25) is 0 Å². The largest absolute Gasteiger partial charge is 0.453 e. The van der Waals surface area contributed by atoms with Crippen molar-refractivity contribution in [2.45, 2.75) is 17.0 Å². The number of nitrogens with one attached hydrogen (secondary N) is 1. The van der Waals surface area contributed by atoms with Gasteiger partial charge in [0.25, 0.3) is 0 Å². The lowest BCUT2D eigenvalue weighted by molar-refractivity contribution is 0.133. The zero-order valence-corrected chi connectivity index (χ0v) is 11.6. The van der Waals surface area contributed by atoms with Crippen LogP contribution in [0.15, 0.2) is 35.2 Å². The van der Waals surface area contributed by atoms with Crippen LogP contribution < -0.4 is 5.32 Å². The van der Waals surface area contributed by atoms with Crippen LogP contribution in [0.2, 0.25) is 0 Å². The van der Waals surface area contributed by atoms with Crippen molar-refractivity contribution in [3.05, 3.63) is 30.3 Å². The Bertz CT molecular complexity index is 364. The molecule has 0 unspecified atom stereocenters. The molecule has 0 heterocycles. The van der Waals surface area contributed by atoms with Crippen LogP contribution in [0, 0.1) is 0 Å². The average molecular weight is 290 g/mol. The average Bonchev–Trinajstić information content (AvgIpc) is 2.43. The fourth-order valence-electron chi connectivity index (χ4n) is 1.27. The SMILES string of the molecule is COC(=O)N[C@@H](CSc1ccccc1)[C@H](O)CCl. The molecule has 0 aliphatic rings. The topological polar surface area (TPSA) is 58.6 Å². The van der Waals surface area contributed by atoms with Crippen LogP contribution in [-0.2, 0) is 4.74 Å². The number of ether oxygens (including phenoxy) is 1. The van der Waals surface area contributed by atoms with Gasteiger partial charge in [0.05, 0.1) is 25.1 Å². The van der Waals surface area contributed by atoms with E-state index >= 15 is 0 Å². The number of aliphatic hydroxyl groups excluding tert-OH is 1. The lowest BCUT2D eigenvalue weighted by Crippen LogP contribution is -2.45. The number of hydrogen-bond donors (Lipinski definition) is 2. The molecule has 1 aromatic rings. The van der Waals surface area contributed by atoms with Gasteiger partial charge in [0, 0.05) is 10.6 Å². The second kappa shape index (κ2) is 8.24. The molecular weight excluding hydrogens is 274 g/mol. The molecule has 0 saturated carbocycles. The lowest BCUT2D eigenvalue weighted by Gasteiger charge is -2.21. The van der Waals surface area contributed by atoms with Gasteiger partial charge in [0.15, 0.2) is 0 Å². The minimum Gasteiger partial charge on any atom is -0.453 e. The summed E-state index contributed by atoms with van der Waals surface area (Å²) in [5.41, 5.74) is 0. The third-order valence-electron chi connectivity index (χ3n) is 2.28. The minimum absolute atomic E-state index is 0.0595. The summed E-state index contributed by atoms with van der Waals surface area (Å²) in [6, 6.07) is 9.29. The maximum atomic E-state index is 11.2. The van der Waals surface area contributed by atoms with Crippen molar-refractivity contribution in [2.75, 3.05) is 18.7 Å². The van der Waals surface area contributed by atoms with E-state index in [0.29, 0.717) is 5.75 Å². The summed E-state index contributed by atoms with van der Waals surface area (Å²) in [6.07, 6.45) is -1.38. The fourth-order valence-corrected chi connectivity index (χ4v) is 2.51.